The van der Waals surface area contributed by atoms with Crippen molar-refractivity contribution in [3.8, 4) is 11.1 Å². The van der Waals surface area contributed by atoms with Crippen LogP contribution in [0.3, 0.4) is 0 Å². The molecule has 2 N–H and O–H groups in total. The van der Waals surface area contributed by atoms with Crippen LogP contribution >= 0.6 is 0 Å². The maximum absolute atomic E-state index is 12.6. The zero-order valence-electron chi connectivity index (χ0n) is 14.5. The molecule has 3 rings (SSSR count). The second kappa shape index (κ2) is 7.27. The van der Waals surface area contributed by atoms with Crippen molar-refractivity contribution < 1.29 is 13.5 Å². The first kappa shape index (κ1) is 18.1. The number of sulfonamides is 1. The normalized spacial score (nSPS) is 12.6. The summed E-state index contributed by atoms with van der Waals surface area (Å²) in [6, 6.07) is 19.6. The van der Waals surface area contributed by atoms with E-state index in [2.05, 4.69) is 9.71 Å². The number of aryl methyl sites for hydroxylation is 1. The second-order valence-corrected chi connectivity index (χ2v) is 7.80. The molecule has 0 radical (unpaired) electrons. The Kier molecular flexibility index (Phi) is 5.06. The number of aliphatic hydroxyl groups is 1. The molecule has 0 saturated heterocycles. The highest BCUT2D eigenvalue weighted by Gasteiger charge is 2.15. The summed E-state index contributed by atoms with van der Waals surface area (Å²) in [7, 11) is -3.76. The Hall–Kier alpha value is -2.70. The lowest BCUT2D eigenvalue weighted by molar-refractivity contribution is 0.194. The zero-order valence-corrected chi connectivity index (χ0v) is 15.4. The smallest absolute Gasteiger partial charge is 0.263 e. The van der Waals surface area contributed by atoms with Gasteiger partial charge in [-0.3, -0.25) is 4.72 Å². The Morgan fingerprint density at radius 2 is 1.50 bits per heavy atom. The molecule has 2 aromatic carbocycles. The molecule has 26 heavy (non-hydrogen) atoms. The van der Waals surface area contributed by atoms with E-state index in [4.69, 9.17) is 0 Å². The molecule has 5 nitrogen and oxygen atoms in total. The van der Waals surface area contributed by atoms with Crippen molar-refractivity contribution in [2.45, 2.75) is 24.8 Å². The average molecular weight is 368 g/mol. The van der Waals surface area contributed by atoms with Gasteiger partial charge in [-0.15, -0.1) is 0 Å². The SMILES string of the molecule is Cc1ccc(-c2ccc(S(=O)(=O)Nc3cccc(C(C)O)n3)cc2)cc1. The Bertz CT molecular complexity index is 996. The van der Waals surface area contributed by atoms with Crippen molar-refractivity contribution in [3.05, 3.63) is 78.0 Å². The number of nitrogens with zero attached hydrogens (tertiary/aromatic N) is 1. The van der Waals surface area contributed by atoms with E-state index in [1.165, 1.54) is 5.56 Å². The lowest BCUT2D eigenvalue weighted by Crippen LogP contribution is -2.14. The van der Waals surface area contributed by atoms with E-state index in [0.717, 1.165) is 11.1 Å². The summed E-state index contributed by atoms with van der Waals surface area (Å²) in [4.78, 5) is 4.27. The molecule has 0 aliphatic rings. The molecule has 0 fully saturated rings. The molecule has 0 bridgehead atoms. The number of hydrogen-bond acceptors (Lipinski definition) is 4. The van der Waals surface area contributed by atoms with Crippen LogP contribution in [0.25, 0.3) is 11.1 Å². The summed E-state index contributed by atoms with van der Waals surface area (Å²) in [6.45, 7) is 3.59. The second-order valence-electron chi connectivity index (χ2n) is 6.12. The van der Waals surface area contributed by atoms with E-state index in [0.29, 0.717) is 5.69 Å². The van der Waals surface area contributed by atoms with Crippen LogP contribution < -0.4 is 4.72 Å². The molecular formula is C20H20N2O3S. The lowest BCUT2D eigenvalue weighted by atomic mass is 10.0. The van der Waals surface area contributed by atoms with E-state index >= 15 is 0 Å². The van der Waals surface area contributed by atoms with E-state index < -0.39 is 16.1 Å². The van der Waals surface area contributed by atoms with Gasteiger partial charge in [0, 0.05) is 0 Å². The number of nitrogens with one attached hydrogen (secondary N) is 1. The van der Waals surface area contributed by atoms with Gasteiger partial charge in [0.1, 0.15) is 5.82 Å². The van der Waals surface area contributed by atoms with Crippen LogP contribution in [-0.2, 0) is 10.0 Å². The van der Waals surface area contributed by atoms with Gasteiger partial charge in [-0.2, -0.15) is 0 Å². The predicted octanol–water partition coefficient (Wildman–Crippen LogP) is 3.91. The van der Waals surface area contributed by atoms with Gasteiger partial charge in [0.25, 0.3) is 10.0 Å². The first-order valence-electron chi connectivity index (χ1n) is 8.20. The molecule has 1 heterocycles. The molecule has 1 atom stereocenters. The van der Waals surface area contributed by atoms with Gasteiger partial charge >= 0.3 is 0 Å². The van der Waals surface area contributed by atoms with Gasteiger partial charge in [0.05, 0.1) is 16.7 Å². The number of pyridine rings is 1. The molecule has 134 valence electrons. The number of hydrogen-bond donors (Lipinski definition) is 2. The summed E-state index contributed by atoms with van der Waals surface area (Å²) in [5.41, 5.74) is 3.54. The molecular weight excluding hydrogens is 348 g/mol. The van der Waals surface area contributed by atoms with Gasteiger partial charge < -0.3 is 5.11 Å². The van der Waals surface area contributed by atoms with Crippen LogP contribution in [0.15, 0.2) is 71.6 Å². The van der Waals surface area contributed by atoms with Crippen molar-refractivity contribution in [2.75, 3.05) is 4.72 Å². The van der Waals surface area contributed by atoms with Crippen LogP contribution in [0.4, 0.5) is 5.82 Å². The van der Waals surface area contributed by atoms with Crippen LogP contribution in [0, 0.1) is 6.92 Å². The summed E-state index contributed by atoms with van der Waals surface area (Å²) in [5, 5.41) is 9.58. The number of aromatic nitrogens is 1. The monoisotopic (exact) mass is 368 g/mol. The Morgan fingerprint density at radius 3 is 2.08 bits per heavy atom. The molecule has 0 amide bonds. The zero-order chi connectivity index (χ0) is 18.7. The third-order valence-electron chi connectivity index (χ3n) is 3.99. The van der Waals surface area contributed by atoms with E-state index in [1.807, 2.05) is 31.2 Å². The fourth-order valence-corrected chi connectivity index (χ4v) is 3.51. The predicted molar refractivity (Wildman–Crippen MR) is 102 cm³/mol. The quantitative estimate of drug-likeness (QED) is 0.716. The highest BCUT2D eigenvalue weighted by molar-refractivity contribution is 7.92. The largest absolute Gasteiger partial charge is 0.387 e. The van der Waals surface area contributed by atoms with Gasteiger partial charge in [0.15, 0.2) is 0 Å². The topological polar surface area (TPSA) is 79.3 Å². The molecule has 0 spiro atoms. The number of aliphatic hydroxyl groups excluding tert-OH is 1. The van der Waals surface area contributed by atoms with Crippen LogP contribution in [0.5, 0.6) is 0 Å². The number of rotatable bonds is 5. The minimum absolute atomic E-state index is 0.151. The molecule has 0 aliphatic heterocycles. The fraction of sp³-hybridized carbons (Fsp3) is 0.150. The fourth-order valence-electron chi connectivity index (χ4n) is 2.51. The van der Waals surface area contributed by atoms with Crippen LogP contribution in [0.2, 0.25) is 0 Å². The van der Waals surface area contributed by atoms with Crippen LogP contribution in [-0.4, -0.2) is 18.5 Å². The minimum atomic E-state index is -3.76. The van der Waals surface area contributed by atoms with Crippen molar-refractivity contribution in [3.63, 3.8) is 0 Å². The van der Waals surface area contributed by atoms with Crippen molar-refractivity contribution in [2.24, 2.45) is 0 Å². The van der Waals surface area contributed by atoms with E-state index in [1.54, 1.807) is 49.4 Å². The summed E-state index contributed by atoms with van der Waals surface area (Å²) < 4.78 is 27.6. The van der Waals surface area contributed by atoms with Gasteiger partial charge in [-0.05, 0) is 49.2 Å². The standard InChI is InChI=1S/C20H20N2O3S/c1-14-6-8-16(9-7-14)17-10-12-18(13-11-17)26(24,25)22-20-5-3-4-19(21-20)15(2)23/h3-13,15,23H,1-2H3,(H,21,22). The Balaban J connectivity index is 1.83. The van der Waals surface area contributed by atoms with Gasteiger partial charge in [0.2, 0.25) is 0 Å². The van der Waals surface area contributed by atoms with Crippen molar-refractivity contribution >= 4 is 15.8 Å². The molecule has 6 heteroatoms. The summed E-state index contributed by atoms with van der Waals surface area (Å²) in [5.74, 6) is 0.172. The molecule has 0 saturated carbocycles. The number of anilines is 1. The third-order valence-corrected chi connectivity index (χ3v) is 5.36. The molecule has 1 aromatic heterocycles. The highest BCUT2D eigenvalue weighted by Crippen LogP contribution is 2.23. The Morgan fingerprint density at radius 1 is 0.923 bits per heavy atom. The first-order chi connectivity index (χ1) is 12.3. The minimum Gasteiger partial charge on any atom is -0.387 e. The van der Waals surface area contributed by atoms with Crippen LogP contribution in [0.1, 0.15) is 24.3 Å². The van der Waals surface area contributed by atoms with Gasteiger partial charge in [-0.25, -0.2) is 13.4 Å². The molecule has 3 aromatic rings. The van der Waals surface area contributed by atoms with Crippen molar-refractivity contribution in [1.82, 2.24) is 4.98 Å². The van der Waals surface area contributed by atoms with E-state index in [9.17, 15) is 13.5 Å². The maximum Gasteiger partial charge on any atom is 0.263 e. The van der Waals surface area contributed by atoms with Crippen molar-refractivity contribution in [1.29, 1.82) is 0 Å². The first-order valence-corrected chi connectivity index (χ1v) is 9.68. The third kappa shape index (κ3) is 4.09. The Labute approximate surface area is 153 Å². The lowest BCUT2D eigenvalue weighted by Gasteiger charge is -2.10. The van der Waals surface area contributed by atoms with Gasteiger partial charge in [-0.1, -0.05) is 48.0 Å². The summed E-state index contributed by atoms with van der Waals surface area (Å²) in [6.07, 6.45) is -0.770. The maximum atomic E-state index is 12.6. The summed E-state index contributed by atoms with van der Waals surface area (Å²) >= 11 is 0. The highest BCUT2D eigenvalue weighted by atomic mass is 32.2. The molecule has 1 unspecified atom stereocenters. The number of benzene rings is 2. The van der Waals surface area contributed by atoms with E-state index in [-0.39, 0.29) is 10.7 Å². The molecule has 0 aliphatic carbocycles. The average Bonchev–Trinajstić information content (AvgIpc) is 2.62.